The second-order valence-corrected chi connectivity index (χ2v) is 6.79. The van der Waals surface area contributed by atoms with E-state index in [-0.39, 0.29) is 6.04 Å². The highest BCUT2D eigenvalue weighted by molar-refractivity contribution is 9.10. The van der Waals surface area contributed by atoms with Gasteiger partial charge < -0.3 is 9.73 Å². The Hall–Kier alpha value is -0.290. The van der Waals surface area contributed by atoms with E-state index in [4.69, 9.17) is 16.0 Å². The largest absolute Gasteiger partial charge is 0.466 e. The first-order chi connectivity index (χ1) is 8.45. The van der Waals surface area contributed by atoms with Gasteiger partial charge in [0.2, 0.25) is 0 Å². The molecule has 0 amide bonds. The molecule has 5 heteroatoms. The first-order valence-corrected chi connectivity index (χ1v) is 7.63. The summed E-state index contributed by atoms with van der Waals surface area (Å²) in [6.07, 6.45) is 0. The summed E-state index contributed by atoms with van der Waals surface area (Å²) in [6, 6.07) is 2.19. The maximum atomic E-state index is 6.12. The monoisotopic (exact) mass is 347 g/mol. The molecule has 1 unspecified atom stereocenters. The zero-order valence-corrected chi connectivity index (χ0v) is 13.9. The molecule has 0 aliphatic carbocycles. The van der Waals surface area contributed by atoms with E-state index in [0.29, 0.717) is 0 Å². The molecule has 0 aliphatic heterocycles. The molecule has 0 saturated carbocycles. The molecule has 2 rings (SSSR count). The smallest absolute Gasteiger partial charge is 0.107 e. The van der Waals surface area contributed by atoms with Crippen LogP contribution in [0.4, 0.5) is 0 Å². The molecule has 2 aromatic heterocycles. The van der Waals surface area contributed by atoms with Crippen LogP contribution in [0.1, 0.15) is 33.6 Å². The van der Waals surface area contributed by atoms with E-state index < -0.39 is 0 Å². The molecule has 18 heavy (non-hydrogen) atoms. The molecule has 2 nitrogen and oxygen atoms in total. The van der Waals surface area contributed by atoms with Gasteiger partial charge >= 0.3 is 0 Å². The Kier molecular flexibility index (Phi) is 4.22. The molecule has 0 saturated heterocycles. The van der Waals surface area contributed by atoms with Gasteiger partial charge in [0.15, 0.2) is 0 Å². The second kappa shape index (κ2) is 5.37. The Labute approximate surface area is 124 Å². The number of furan rings is 1. The van der Waals surface area contributed by atoms with E-state index in [0.717, 1.165) is 20.3 Å². The number of rotatable bonds is 3. The van der Waals surface area contributed by atoms with Crippen LogP contribution in [-0.4, -0.2) is 7.05 Å². The third-order valence-corrected chi connectivity index (χ3v) is 5.68. The predicted molar refractivity (Wildman–Crippen MR) is 80.9 cm³/mol. The molecule has 2 heterocycles. The van der Waals surface area contributed by atoms with Crippen LogP contribution in [-0.2, 0) is 0 Å². The van der Waals surface area contributed by atoms with Gasteiger partial charge in [-0.2, -0.15) is 0 Å². The average molecular weight is 349 g/mol. The summed E-state index contributed by atoms with van der Waals surface area (Å²) >= 11 is 11.2. The van der Waals surface area contributed by atoms with E-state index in [1.165, 1.54) is 16.0 Å². The molecule has 0 fully saturated rings. The minimum Gasteiger partial charge on any atom is -0.466 e. The van der Waals surface area contributed by atoms with Gasteiger partial charge in [0, 0.05) is 14.9 Å². The molecule has 1 atom stereocenters. The number of hydrogen-bond donors (Lipinski definition) is 1. The fourth-order valence-corrected chi connectivity index (χ4v) is 4.03. The van der Waals surface area contributed by atoms with Gasteiger partial charge in [-0.1, -0.05) is 11.6 Å². The summed E-state index contributed by atoms with van der Waals surface area (Å²) < 4.78 is 7.43. The Morgan fingerprint density at radius 3 is 2.39 bits per heavy atom. The lowest BCUT2D eigenvalue weighted by molar-refractivity contribution is 0.496. The standard InChI is InChI=1S/C13H15BrClNOS/c1-6-7(2)17-8(3)11(6)12(16-4)10-5-9(14)13(15)18-10/h5,12,16H,1-4H3. The third kappa shape index (κ3) is 2.39. The molecule has 0 radical (unpaired) electrons. The number of nitrogens with one attached hydrogen (secondary N) is 1. The van der Waals surface area contributed by atoms with Gasteiger partial charge in [-0.3, -0.25) is 0 Å². The lowest BCUT2D eigenvalue weighted by atomic mass is 10.0. The maximum Gasteiger partial charge on any atom is 0.107 e. The predicted octanol–water partition coefficient (Wildman–Crippen LogP) is 4.99. The van der Waals surface area contributed by atoms with Crippen molar-refractivity contribution in [1.29, 1.82) is 0 Å². The number of aryl methyl sites for hydroxylation is 2. The van der Waals surface area contributed by atoms with Gasteiger partial charge in [0.05, 0.1) is 6.04 Å². The average Bonchev–Trinajstić information content (AvgIpc) is 2.75. The number of hydrogen-bond acceptors (Lipinski definition) is 3. The maximum absolute atomic E-state index is 6.12. The zero-order valence-electron chi connectivity index (χ0n) is 10.7. The normalized spacial score (nSPS) is 13.0. The Morgan fingerprint density at radius 2 is 2.00 bits per heavy atom. The van der Waals surface area contributed by atoms with Crippen molar-refractivity contribution in [2.24, 2.45) is 0 Å². The molecular weight excluding hydrogens is 334 g/mol. The van der Waals surface area contributed by atoms with Crippen LogP contribution in [0.2, 0.25) is 4.34 Å². The lowest BCUT2D eigenvalue weighted by Gasteiger charge is -2.15. The van der Waals surface area contributed by atoms with Crippen molar-refractivity contribution >= 4 is 38.9 Å². The zero-order chi connectivity index (χ0) is 13.4. The van der Waals surface area contributed by atoms with Crippen molar-refractivity contribution in [1.82, 2.24) is 5.32 Å². The minimum absolute atomic E-state index is 0.122. The van der Waals surface area contributed by atoms with Crippen LogP contribution in [0.5, 0.6) is 0 Å². The van der Waals surface area contributed by atoms with Crippen molar-refractivity contribution in [3.63, 3.8) is 0 Å². The van der Waals surface area contributed by atoms with Crippen molar-refractivity contribution in [2.45, 2.75) is 26.8 Å². The van der Waals surface area contributed by atoms with Crippen molar-refractivity contribution < 1.29 is 4.42 Å². The van der Waals surface area contributed by atoms with Crippen molar-refractivity contribution in [2.75, 3.05) is 7.05 Å². The minimum atomic E-state index is 0.122. The SMILES string of the molecule is CNC(c1cc(Br)c(Cl)s1)c1c(C)oc(C)c1C. The number of thiophene rings is 1. The van der Waals surface area contributed by atoms with Crippen LogP contribution in [0.3, 0.4) is 0 Å². The van der Waals surface area contributed by atoms with Crippen LogP contribution >= 0.6 is 38.9 Å². The fourth-order valence-electron chi connectivity index (χ4n) is 2.17. The topological polar surface area (TPSA) is 25.2 Å². The van der Waals surface area contributed by atoms with Gasteiger partial charge in [0.25, 0.3) is 0 Å². The quantitative estimate of drug-likeness (QED) is 0.845. The Bertz CT molecular complexity index is 556. The summed E-state index contributed by atoms with van der Waals surface area (Å²) in [4.78, 5) is 1.18. The van der Waals surface area contributed by atoms with Crippen molar-refractivity contribution in [3.8, 4) is 0 Å². The number of halogens is 2. The van der Waals surface area contributed by atoms with Crippen LogP contribution in [0.15, 0.2) is 15.0 Å². The molecule has 0 spiro atoms. The van der Waals surface area contributed by atoms with Gasteiger partial charge in [-0.15, -0.1) is 11.3 Å². The summed E-state index contributed by atoms with van der Waals surface area (Å²) in [5.41, 5.74) is 2.41. The van der Waals surface area contributed by atoms with E-state index in [1.54, 1.807) is 11.3 Å². The molecule has 2 aromatic rings. The fraction of sp³-hybridized carbons (Fsp3) is 0.385. The Balaban J connectivity index is 2.51. The van der Waals surface area contributed by atoms with Gasteiger partial charge in [0.1, 0.15) is 15.9 Å². The van der Waals surface area contributed by atoms with E-state index in [2.05, 4.69) is 34.2 Å². The molecular formula is C13H15BrClNOS. The van der Waals surface area contributed by atoms with Gasteiger partial charge in [-0.05, 0) is 55.4 Å². The molecule has 0 bridgehead atoms. The highest BCUT2D eigenvalue weighted by Crippen LogP contribution is 2.39. The summed E-state index contributed by atoms with van der Waals surface area (Å²) in [7, 11) is 1.95. The lowest BCUT2D eigenvalue weighted by Crippen LogP contribution is -2.17. The second-order valence-electron chi connectivity index (χ2n) is 4.25. The van der Waals surface area contributed by atoms with E-state index in [9.17, 15) is 0 Å². The van der Waals surface area contributed by atoms with E-state index >= 15 is 0 Å². The summed E-state index contributed by atoms with van der Waals surface area (Å²) in [6.45, 7) is 6.09. The van der Waals surface area contributed by atoms with Crippen molar-refractivity contribution in [3.05, 3.63) is 42.4 Å². The van der Waals surface area contributed by atoms with E-state index in [1.807, 2.05) is 20.9 Å². The van der Waals surface area contributed by atoms with Crippen LogP contribution in [0.25, 0.3) is 0 Å². The molecule has 0 aromatic carbocycles. The summed E-state index contributed by atoms with van der Waals surface area (Å²) in [5.74, 6) is 1.94. The molecule has 1 N–H and O–H groups in total. The summed E-state index contributed by atoms with van der Waals surface area (Å²) in [5, 5.41) is 3.34. The third-order valence-electron chi connectivity index (χ3n) is 3.14. The van der Waals surface area contributed by atoms with Crippen LogP contribution < -0.4 is 5.32 Å². The highest BCUT2D eigenvalue weighted by atomic mass is 79.9. The Morgan fingerprint density at radius 1 is 1.33 bits per heavy atom. The van der Waals surface area contributed by atoms with Gasteiger partial charge in [-0.25, -0.2) is 0 Å². The highest BCUT2D eigenvalue weighted by Gasteiger charge is 2.23. The molecule has 98 valence electrons. The van der Waals surface area contributed by atoms with Crippen LogP contribution in [0, 0.1) is 20.8 Å². The first kappa shape index (κ1) is 14.1. The molecule has 0 aliphatic rings. The first-order valence-electron chi connectivity index (χ1n) is 5.64.